The topological polar surface area (TPSA) is 41.6 Å². The highest BCUT2D eigenvalue weighted by Crippen LogP contribution is 2.24. The van der Waals surface area contributed by atoms with E-state index in [1.165, 1.54) is 30.3 Å². The summed E-state index contributed by atoms with van der Waals surface area (Å²) in [5, 5.41) is 2.63. The molecule has 1 fully saturated rings. The highest BCUT2D eigenvalue weighted by atomic mass is 32.2. The average molecular weight is 392 g/mol. The summed E-state index contributed by atoms with van der Waals surface area (Å²) in [6.45, 7) is 3.03. The molecule has 0 unspecified atom stereocenters. The molecule has 0 radical (unpaired) electrons. The average Bonchev–Trinajstić information content (AvgIpc) is 2.53. The van der Waals surface area contributed by atoms with Gasteiger partial charge in [0.05, 0.1) is 5.75 Å². The van der Waals surface area contributed by atoms with Crippen molar-refractivity contribution in [2.75, 3.05) is 17.6 Å². The van der Waals surface area contributed by atoms with Gasteiger partial charge in [0.25, 0.3) is 0 Å². The summed E-state index contributed by atoms with van der Waals surface area (Å²) in [7, 11) is 0. The van der Waals surface area contributed by atoms with E-state index in [1.807, 2.05) is 0 Å². The van der Waals surface area contributed by atoms with Crippen LogP contribution in [0.4, 0.5) is 18.9 Å². The van der Waals surface area contributed by atoms with Gasteiger partial charge in [0.1, 0.15) is 10.1 Å². The second kappa shape index (κ2) is 8.75. The summed E-state index contributed by atoms with van der Waals surface area (Å²) >= 11 is 6.68. The summed E-state index contributed by atoms with van der Waals surface area (Å²) < 4.78 is 40.8. The number of benzene rings is 1. The van der Waals surface area contributed by atoms with E-state index in [2.05, 4.69) is 21.9 Å². The quantitative estimate of drug-likeness (QED) is 0.769. The van der Waals surface area contributed by atoms with E-state index >= 15 is 0 Å². The molecule has 1 aliphatic heterocycles. The maximum atomic E-state index is 12.1. The van der Waals surface area contributed by atoms with Crippen molar-refractivity contribution in [3.05, 3.63) is 24.3 Å². The molecule has 0 saturated carbocycles. The molecule has 0 spiro atoms. The van der Waals surface area contributed by atoms with Crippen LogP contribution in [0.1, 0.15) is 26.2 Å². The molecule has 2 rings (SSSR count). The number of nitrogens with zero attached hydrogens (tertiary/aromatic N) is 1. The number of anilines is 1. The minimum absolute atomic E-state index is 0.156. The van der Waals surface area contributed by atoms with Crippen molar-refractivity contribution in [3.8, 4) is 5.75 Å². The lowest BCUT2D eigenvalue weighted by Gasteiger charge is -2.35. The fourth-order valence-corrected chi connectivity index (χ4v) is 3.73. The molecule has 4 nitrogen and oxygen atoms in total. The predicted octanol–water partition coefficient (Wildman–Crippen LogP) is 4.42. The third kappa shape index (κ3) is 6.74. The molecule has 1 heterocycles. The van der Waals surface area contributed by atoms with E-state index in [0.717, 1.165) is 31.5 Å². The van der Waals surface area contributed by atoms with Crippen LogP contribution in [-0.2, 0) is 4.79 Å². The molecule has 138 valence electrons. The number of hydrogen-bond donors (Lipinski definition) is 1. The summed E-state index contributed by atoms with van der Waals surface area (Å²) in [6, 6.07) is 5.40. The molecule has 25 heavy (non-hydrogen) atoms. The van der Waals surface area contributed by atoms with Crippen LogP contribution in [0.15, 0.2) is 24.3 Å². The monoisotopic (exact) mass is 392 g/mol. The zero-order valence-corrected chi connectivity index (χ0v) is 15.3. The number of thiocarbonyl (C=S) groups is 1. The highest BCUT2D eigenvalue weighted by Gasteiger charge is 2.31. The minimum atomic E-state index is -4.73. The van der Waals surface area contributed by atoms with Crippen molar-refractivity contribution in [1.82, 2.24) is 4.90 Å². The Morgan fingerprint density at radius 1 is 1.36 bits per heavy atom. The Morgan fingerprint density at radius 2 is 2.04 bits per heavy atom. The largest absolute Gasteiger partial charge is 0.573 e. The summed E-state index contributed by atoms with van der Waals surface area (Å²) in [4.78, 5) is 14.1. The first-order valence-corrected chi connectivity index (χ1v) is 9.23. The van der Waals surface area contributed by atoms with Gasteiger partial charge in [-0.3, -0.25) is 4.79 Å². The van der Waals surface area contributed by atoms with Gasteiger partial charge in [0, 0.05) is 18.3 Å². The van der Waals surface area contributed by atoms with E-state index in [9.17, 15) is 18.0 Å². The van der Waals surface area contributed by atoms with Crippen molar-refractivity contribution in [1.29, 1.82) is 0 Å². The van der Waals surface area contributed by atoms with Crippen LogP contribution in [-0.4, -0.2) is 39.8 Å². The van der Waals surface area contributed by atoms with Crippen LogP contribution in [0.2, 0.25) is 0 Å². The molecular formula is C16H19F3N2O2S2. The van der Waals surface area contributed by atoms with Crippen LogP contribution in [0.25, 0.3) is 0 Å². The predicted molar refractivity (Wildman–Crippen MR) is 96.8 cm³/mol. The Morgan fingerprint density at radius 3 is 2.64 bits per heavy atom. The number of rotatable bonds is 4. The second-order valence-corrected chi connectivity index (χ2v) is 7.32. The zero-order valence-electron chi connectivity index (χ0n) is 13.6. The van der Waals surface area contributed by atoms with E-state index in [0.29, 0.717) is 16.0 Å². The fraction of sp³-hybridized carbons (Fsp3) is 0.500. The zero-order chi connectivity index (χ0) is 18.4. The summed E-state index contributed by atoms with van der Waals surface area (Å²) in [6.07, 6.45) is -1.34. The van der Waals surface area contributed by atoms with Gasteiger partial charge in [-0.15, -0.1) is 13.2 Å². The minimum Gasteiger partial charge on any atom is -0.406 e. The molecule has 1 saturated heterocycles. The number of piperidine rings is 1. The van der Waals surface area contributed by atoms with Crippen molar-refractivity contribution >= 4 is 39.9 Å². The normalized spacial score (nSPS) is 17.9. The molecule has 1 aliphatic rings. The van der Waals surface area contributed by atoms with Crippen molar-refractivity contribution in [2.45, 2.75) is 38.6 Å². The van der Waals surface area contributed by atoms with Gasteiger partial charge in [-0.2, -0.15) is 0 Å². The molecule has 9 heteroatoms. The second-order valence-electron chi connectivity index (χ2n) is 5.71. The van der Waals surface area contributed by atoms with Gasteiger partial charge in [-0.1, -0.05) is 24.0 Å². The summed E-state index contributed by atoms with van der Waals surface area (Å²) in [5.41, 5.74) is 0.400. The molecule has 1 aromatic rings. The van der Waals surface area contributed by atoms with E-state index in [4.69, 9.17) is 12.2 Å². The number of likely N-dealkylation sites (tertiary alicyclic amines) is 1. The van der Waals surface area contributed by atoms with Crippen LogP contribution in [0, 0.1) is 0 Å². The number of ether oxygens (including phenoxy) is 1. The van der Waals surface area contributed by atoms with E-state index < -0.39 is 6.36 Å². The Kier molecular flexibility index (Phi) is 6.95. The van der Waals surface area contributed by atoms with Crippen molar-refractivity contribution in [3.63, 3.8) is 0 Å². The smallest absolute Gasteiger partial charge is 0.406 e. The molecule has 0 aromatic heterocycles. The lowest BCUT2D eigenvalue weighted by molar-refractivity contribution is -0.274. The fourth-order valence-electron chi connectivity index (χ4n) is 2.52. The van der Waals surface area contributed by atoms with Gasteiger partial charge in [-0.05, 0) is 50.5 Å². The van der Waals surface area contributed by atoms with Crippen LogP contribution in [0.5, 0.6) is 5.75 Å². The number of amides is 1. The molecule has 1 atom stereocenters. The standard InChI is InChI=1S/C16H19F3N2O2S2/c1-11-4-2-3-9-21(11)15(24)25-10-14(22)20-12-5-7-13(8-6-12)23-16(17,18)19/h5-8,11H,2-4,9-10H2,1H3,(H,20,22)/t11-/m0/s1. The molecular weight excluding hydrogens is 373 g/mol. The number of carbonyl (C=O) groups excluding carboxylic acids is 1. The number of carbonyl (C=O) groups is 1. The SMILES string of the molecule is C[C@H]1CCCCN1C(=S)SCC(=O)Nc1ccc(OC(F)(F)F)cc1. The first kappa shape index (κ1) is 19.8. The van der Waals surface area contributed by atoms with E-state index in [1.54, 1.807) is 0 Å². The highest BCUT2D eigenvalue weighted by molar-refractivity contribution is 8.23. The van der Waals surface area contributed by atoms with Crippen LogP contribution in [0.3, 0.4) is 0 Å². The maximum Gasteiger partial charge on any atom is 0.573 e. The van der Waals surface area contributed by atoms with Crippen LogP contribution < -0.4 is 10.1 Å². The number of nitrogens with one attached hydrogen (secondary N) is 1. The van der Waals surface area contributed by atoms with Crippen molar-refractivity contribution in [2.24, 2.45) is 0 Å². The number of alkyl halides is 3. The molecule has 1 N–H and O–H groups in total. The maximum absolute atomic E-state index is 12.1. The van der Waals surface area contributed by atoms with Crippen molar-refractivity contribution < 1.29 is 22.7 Å². The number of hydrogen-bond acceptors (Lipinski definition) is 4. The van der Waals surface area contributed by atoms with E-state index in [-0.39, 0.29) is 17.4 Å². The Hall–Kier alpha value is -1.48. The molecule has 0 aliphatic carbocycles. The number of thioether (sulfide) groups is 1. The van der Waals surface area contributed by atoms with Gasteiger partial charge >= 0.3 is 6.36 Å². The molecule has 0 bridgehead atoms. The third-order valence-corrected chi connectivity index (χ3v) is 5.21. The third-order valence-electron chi connectivity index (χ3n) is 3.74. The van der Waals surface area contributed by atoms with Gasteiger partial charge in [-0.25, -0.2) is 0 Å². The molecule has 1 aromatic carbocycles. The lowest BCUT2D eigenvalue weighted by Crippen LogP contribution is -2.40. The Labute approximate surface area is 154 Å². The molecule has 1 amide bonds. The van der Waals surface area contributed by atoms with Gasteiger partial charge < -0.3 is 15.0 Å². The Balaban J connectivity index is 1.79. The first-order valence-electron chi connectivity index (χ1n) is 7.83. The first-order chi connectivity index (χ1) is 11.7. The van der Waals surface area contributed by atoms with Gasteiger partial charge in [0.2, 0.25) is 5.91 Å². The lowest BCUT2D eigenvalue weighted by atomic mass is 10.1. The van der Waals surface area contributed by atoms with Crippen LogP contribution >= 0.6 is 24.0 Å². The Bertz CT molecular complexity index is 608. The van der Waals surface area contributed by atoms with Gasteiger partial charge in [0.15, 0.2) is 0 Å². The number of halogens is 3. The summed E-state index contributed by atoms with van der Waals surface area (Å²) in [5.74, 6) is -0.440.